The molecular formula is C24H25ClN4O4. The SMILES string of the molecule is COc1ccc(NC(=O)[C@@H]2CCCN(c3ccc(=O)n(-c4cccc(Cl)c4)n3)C2)c(OC)c1. The quantitative estimate of drug-likeness (QED) is 0.593. The number of hydrogen-bond donors (Lipinski definition) is 1. The van der Waals surface area contributed by atoms with Crippen molar-refractivity contribution in [3.8, 4) is 17.2 Å². The summed E-state index contributed by atoms with van der Waals surface area (Å²) in [6.45, 7) is 1.24. The summed E-state index contributed by atoms with van der Waals surface area (Å²) in [7, 11) is 3.13. The lowest BCUT2D eigenvalue weighted by Gasteiger charge is -2.33. The normalized spacial score (nSPS) is 15.7. The summed E-state index contributed by atoms with van der Waals surface area (Å²) < 4.78 is 11.9. The molecule has 0 saturated carbocycles. The minimum Gasteiger partial charge on any atom is -0.497 e. The van der Waals surface area contributed by atoms with E-state index in [2.05, 4.69) is 10.4 Å². The molecule has 1 atom stereocenters. The molecule has 9 heteroatoms. The number of halogens is 1. The largest absolute Gasteiger partial charge is 0.497 e. The molecule has 0 radical (unpaired) electrons. The molecule has 0 spiro atoms. The number of benzene rings is 2. The fraction of sp³-hybridized carbons (Fsp3) is 0.292. The average molecular weight is 469 g/mol. The number of rotatable bonds is 6. The highest BCUT2D eigenvalue weighted by atomic mass is 35.5. The van der Waals surface area contributed by atoms with E-state index in [0.29, 0.717) is 40.3 Å². The van der Waals surface area contributed by atoms with Crippen LogP contribution in [0.15, 0.2) is 59.4 Å². The molecule has 1 N–H and O–H groups in total. The maximum Gasteiger partial charge on any atom is 0.271 e. The molecule has 1 amide bonds. The number of ether oxygens (including phenoxy) is 2. The second-order valence-electron chi connectivity index (χ2n) is 7.76. The van der Waals surface area contributed by atoms with Crippen LogP contribution in [0.4, 0.5) is 11.5 Å². The van der Waals surface area contributed by atoms with Crippen molar-refractivity contribution >= 4 is 29.0 Å². The van der Waals surface area contributed by atoms with E-state index in [1.807, 2.05) is 4.90 Å². The number of piperidine rings is 1. The van der Waals surface area contributed by atoms with Crippen LogP contribution in [0.3, 0.4) is 0 Å². The minimum atomic E-state index is -0.251. The zero-order valence-electron chi connectivity index (χ0n) is 18.5. The number of carbonyl (C=O) groups excluding carboxylic acids is 1. The molecule has 33 heavy (non-hydrogen) atoms. The smallest absolute Gasteiger partial charge is 0.271 e. The lowest BCUT2D eigenvalue weighted by Crippen LogP contribution is -2.41. The van der Waals surface area contributed by atoms with Crippen molar-refractivity contribution in [2.45, 2.75) is 12.8 Å². The summed E-state index contributed by atoms with van der Waals surface area (Å²) in [6.07, 6.45) is 1.59. The Balaban J connectivity index is 1.52. The summed E-state index contributed by atoms with van der Waals surface area (Å²) in [5.41, 5.74) is 0.930. The molecule has 1 aromatic heterocycles. The van der Waals surface area contributed by atoms with Crippen molar-refractivity contribution in [1.29, 1.82) is 0 Å². The second kappa shape index (κ2) is 9.95. The van der Waals surface area contributed by atoms with E-state index in [4.69, 9.17) is 21.1 Å². The van der Waals surface area contributed by atoms with Gasteiger partial charge in [-0.05, 0) is 49.2 Å². The fourth-order valence-electron chi connectivity index (χ4n) is 3.90. The first kappa shape index (κ1) is 22.7. The van der Waals surface area contributed by atoms with E-state index in [1.54, 1.807) is 62.8 Å². The maximum absolute atomic E-state index is 13.0. The van der Waals surface area contributed by atoms with Gasteiger partial charge in [0.2, 0.25) is 5.91 Å². The monoisotopic (exact) mass is 468 g/mol. The molecular weight excluding hydrogens is 444 g/mol. The van der Waals surface area contributed by atoms with Crippen LogP contribution < -0.4 is 25.2 Å². The average Bonchev–Trinajstić information content (AvgIpc) is 2.84. The highest BCUT2D eigenvalue weighted by Gasteiger charge is 2.27. The molecule has 1 saturated heterocycles. The molecule has 0 aliphatic carbocycles. The molecule has 4 rings (SSSR count). The van der Waals surface area contributed by atoms with Gasteiger partial charge in [0.15, 0.2) is 0 Å². The van der Waals surface area contributed by atoms with E-state index in [-0.39, 0.29) is 17.4 Å². The molecule has 3 aromatic rings. The van der Waals surface area contributed by atoms with Crippen molar-refractivity contribution in [3.05, 3.63) is 70.0 Å². The Labute approximate surface area is 196 Å². The minimum absolute atomic E-state index is 0.0914. The van der Waals surface area contributed by atoms with Crippen LogP contribution in [0, 0.1) is 5.92 Å². The van der Waals surface area contributed by atoms with Gasteiger partial charge in [-0.1, -0.05) is 17.7 Å². The summed E-state index contributed by atoms with van der Waals surface area (Å²) in [5, 5.41) is 8.03. The number of aromatic nitrogens is 2. The molecule has 2 aromatic carbocycles. The van der Waals surface area contributed by atoms with Gasteiger partial charge in [-0.15, -0.1) is 5.10 Å². The number of hydrogen-bond acceptors (Lipinski definition) is 6. The summed E-state index contributed by atoms with van der Waals surface area (Å²) >= 11 is 6.08. The van der Waals surface area contributed by atoms with Gasteiger partial charge >= 0.3 is 0 Å². The van der Waals surface area contributed by atoms with E-state index >= 15 is 0 Å². The van der Waals surface area contributed by atoms with E-state index in [1.165, 1.54) is 10.7 Å². The van der Waals surface area contributed by atoms with Crippen molar-refractivity contribution in [2.24, 2.45) is 5.92 Å². The van der Waals surface area contributed by atoms with Crippen LogP contribution >= 0.6 is 11.6 Å². The van der Waals surface area contributed by atoms with Crippen LogP contribution in [0.1, 0.15) is 12.8 Å². The van der Waals surface area contributed by atoms with E-state index in [9.17, 15) is 9.59 Å². The molecule has 0 bridgehead atoms. The Hall–Kier alpha value is -3.52. The molecule has 172 valence electrons. The number of anilines is 2. The van der Waals surface area contributed by atoms with Crippen LogP contribution in [0.5, 0.6) is 11.5 Å². The Morgan fingerprint density at radius 1 is 1.12 bits per heavy atom. The third-order valence-corrected chi connectivity index (χ3v) is 5.86. The number of amides is 1. The third kappa shape index (κ3) is 5.12. The van der Waals surface area contributed by atoms with Crippen LogP contribution in [0.25, 0.3) is 5.69 Å². The highest BCUT2D eigenvalue weighted by Crippen LogP contribution is 2.30. The fourth-order valence-corrected chi connectivity index (χ4v) is 4.08. The van der Waals surface area contributed by atoms with E-state index in [0.717, 1.165) is 19.4 Å². The molecule has 1 fully saturated rings. The van der Waals surface area contributed by atoms with Gasteiger partial charge in [0.1, 0.15) is 17.3 Å². The number of carbonyl (C=O) groups is 1. The number of nitrogens with one attached hydrogen (secondary N) is 1. The van der Waals surface area contributed by atoms with Gasteiger partial charge in [-0.25, -0.2) is 0 Å². The summed E-state index contributed by atoms with van der Waals surface area (Å²) in [5.74, 6) is 1.49. The van der Waals surface area contributed by atoms with E-state index < -0.39 is 0 Å². The van der Waals surface area contributed by atoms with Gasteiger partial charge in [-0.3, -0.25) is 9.59 Å². The standard InChI is InChI=1S/C24H25ClN4O4/c1-32-19-8-9-20(21(14-19)33-2)26-24(31)16-5-4-12-28(15-16)22-10-11-23(30)29(27-22)18-7-3-6-17(25)13-18/h3,6-11,13-14,16H,4-5,12,15H2,1-2H3,(H,26,31)/t16-/m1/s1. The van der Waals surface area contributed by atoms with Gasteiger partial charge < -0.3 is 19.7 Å². The van der Waals surface area contributed by atoms with Crippen molar-refractivity contribution in [3.63, 3.8) is 0 Å². The van der Waals surface area contributed by atoms with Crippen LogP contribution in [-0.4, -0.2) is 43.0 Å². The molecule has 8 nitrogen and oxygen atoms in total. The number of nitrogens with zero attached hydrogens (tertiary/aromatic N) is 3. The third-order valence-electron chi connectivity index (χ3n) is 5.62. The topological polar surface area (TPSA) is 85.7 Å². The van der Waals surface area contributed by atoms with Gasteiger partial charge in [0.05, 0.1) is 31.5 Å². The summed E-state index contributed by atoms with van der Waals surface area (Å²) in [4.78, 5) is 27.5. The Bertz CT molecular complexity index is 1210. The highest BCUT2D eigenvalue weighted by molar-refractivity contribution is 6.30. The summed E-state index contributed by atoms with van der Waals surface area (Å²) in [6, 6.07) is 15.4. The molecule has 0 unspecified atom stereocenters. The Morgan fingerprint density at radius 3 is 2.73 bits per heavy atom. The lowest BCUT2D eigenvalue weighted by molar-refractivity contribution is -0.120. The molecule has 1 aliphatic heterocycles. The lowest BCUT2D eigenvalue weighted by atomic mass is 9.97. The van der Waals surface area contributed by atoms with Crippen LogP contribution in [-0.2, 0) is 4.79 Å². The van der Waals surface area contributed by atoms with Crippen molar-refractivity contribution in [1.82, 2.24) is 9.78 Å². The Kier molecular flexibility index (Phi) is 6.84. The first-order chi connectivity index (χ1) is 16.0. The van der Waals surface area contributed by atoms with Gasteiger partial charge in [-0.2, -0.15) is 4.68 Å². The Morgan fingerprint density at radius 2 is 1.97 bits per heavy atom. The first-order valence-electron chi connectivity index (χ1n) is 10.6. The zero-order chi connectivity index (χ0) is 23.4. The number of methoxy groups -OCH3 is 2. The first-order valence-corrected chi connectivity index (χ1v) is 11.0. The van der Waals surface area contributed by atoms with Crippen molar-refractivity contribution < 1.29 is 14.3 Å². The zero-order valence-corrected chi connectivity index (χ0v) is 19.2. The van der Waals surface area contributed by atoms with Crippen LogP contribution in [0.2, 0.25) is 5.02 Å². The van der Waals surface area contributed by atoms with Gasteiger partial charge in [0.25, 0.3) is 5.56 Å². The molecule has 1 aliphatic rings. The van der Waals surface area contributed by atoms with Crippen molar-refractivity contribution in [2.75, 3.05) is 37.5 Å². The predicted molar refractivity (Wildman–Crippen MR) is 128 cm³/mol. The molecule has 2 heterocycles. The maximum atomic E-state index is 13.0. The van der Waals surface area contributed by atoms with Gasteiger partial charge in [0, 0.05) is 30.2 Å². The second-order valence-corrected chi connectivity index (χ2v) is 8.20. The predicted octanol–water partition coefficient (Wildman–Crippen LogP) is 3.76.